The van der Waals surface area contributed by atoms with Gasteiger partial charge >= 0.3 is 0 Å². The second kappa shape index (κ2) is 4.28. The highest BCUT2D eigenvalue weighted by Crippen LogP contribution is 2.24. The molecule has 4 heteroatoms. The van der Waals surface area contributed by atoms with Crippen LogP contribution in [-0.4, -0.2) is 5.78 Å². The number of nitrogen functional groups attached to an aromatic ring is 1. The van der Waals surface area contributed by atoms with Gasteiger partial charge in [0.1, 0.15) is 0 Å². The lowest BCUT2D eigenvalue weighted by molar-refractivity contribution is 0.104. The van der Waals surface area contributed by atoms with Crippen LogP contribution < -0.4 is 5.73 Å². The quantitative estimate of drug-likeness (QED) is 0.656. The third-order valence-electron chi connectivity index (χ3n) is 2.16. The minimum Gasteiger partial charge on any atom is -0.399 e. The van der Waals surface area contributed by atoms with Gasteiger partial charge in [-0.2, -0.15) is 0 Å². The summed E-state index contributed by atoms with van der Waals surface area (Å²) in [6, 6.07) is 8.79. The first-order chi connectivity index (χ1) is 7.56. The Balaban J connectivity index is 2.41. The molecule has 0 atom stereocenters. The molecule has 0 aliphatic carbocycles. The Labute approximate surface area is 103 Å². The van der Waals surface area contributed by atoms with Gasteiger partial charge in [0, 0.05) is 11.3 Å². The summed E-state index contributed by atoms with van der Waals surface area (Å²) in [6.07, 6.45) is 0. The smallest absolute Gasteiger partial charge is 0.203 e. The molecule has 0 amide bonds. The lowest BCUT2D eigenvalue weighted by Gasteiger charge is -2.02. The minimum absolute atomic E-state index is 0.0349. The average Bonchev–Trinajstić information content (AvgIpc) is 2.62. The molecule has 16 heavy (non-hydrogen) atoms. The number of anilines is 1. The summed E-state index contributed by atoms with van der Waals surface area (Å²) >= 11 is 7.07. The van der Waals surface area contributed by atoms with Crippen LogP contribution in [0.2, 0.25) is 4.34 Å². The van der Waals surface area contributed by atoms with E-state index >= 15 is 0 Å². The highest BCUT2D eigenvalue weighted by Gasteiger charge is 2.12. The molecule has 2 N–H and O–H groups in total. The van der Waals surface area contributed by atoms with E-state index in [2.05, 4.69) is 0 Å². The van der Waals surface area contributed by atoms with E-state index in [4.69, 9.17) is 17.3 Å². The second-order valence-electron chi connectivity index (χ2n) is 3.57. The first-order valence-electron chi connectivity index (χ1n) is 4.73. The van der Waals surface area contributed by atoms with E-state index in [9.17, 15) is 4.79 Å². The molecule has 0 saturated carbocycles. The number of thiophene rings is 1. The van der Waals surface area contributed by atoms with Gasteiger partial charge in [0.15, 0.2) is 0 Å². The molecule has 0 aliphatic heterocycles. The Morgan fingerprint density at radius 3 is 2.62 bits per heavy atom. The molecule has 2 rings (SSSR count). The predicted octanol–water partition coefficient (Wildman–Crippen LogP) is 3.52. The number of hydrogen-bond acceptors (Lipinski definition) is 3. The number of aryl methyl sites for hydroxylation is 1. The van der Waals surface area contributed by atoms with Crippen LogP contribution in [0.4, 0.5) is 5.69 Å². The van der Waals surface area contributed by atoms with Gasteiger partial charge in [-0.1, -0.05) is 11.6 Å². The van der Waals surface area contributed by atoms with E-state index in [0.29, 0.717) is 20.5 Å². The fraction of sp³-hybridized carbons (Fsp3) is 0.0833. The highest BCUT2D eigenvalue weighted by molar-refractivity contribution is 7.18. The van der Waals surface area contributed by atoms with Gasteiger partial charge in [-0.05, 0) is 42.8 Å². The van der Waals surface area contributed by atoms with Crippen LogP contribution in [0, 0.1) is 6.92 Å². The van der Waals surface area contributed by atoms with Gasteiger partial charge in [0.25, 0.3) is 0 Å². The van der Waals surface area contributed by atoms with E-state index < -0.39 is 0 Å². The highest BCUT2D eigenvalue weighted by atomic mass is 35.5. The van der Waals surface area contributed by atoms with Crippen molar-refractivity contribution < 1.29 is 4.79 Å². The molecule has 0 fully saturated rings. The standard InChI is InChI=1S/C12H10ClNOS/c1-7-4-8(6-9(14)5-7)12(15)10-2-3-11(13)16-10/h2-6H,14H2,1H3. The Hall–Kier alpha value is -1.32. The fourth-order valence-corrected chi connectivity index (χ4v) is 2.53. The maximum absolute atomic E-state index is 12.1. The molecule has 0 unspecified atom stereocenters. The van der Waals surface area contributed by atoms with Crippen molar-refractivity contribution >= 4 is 34.4 Å². The number of benzene rings is 1. The Bertz CT molecular complexity index is 527. The maximum atomic E-state index is 12.1. The third-order valence-corrected chi connectivity index (χ3v) is 3.39. The van der Waals surface area contributed by atoms with E-state index in [0.717, 1.165) is 5.56 Å². The third kappa shape index (κ3) is 2.26. The normalized spacial score (nSPS) is 10.4. The summed E-state index contributed by atoms with van der Waals surface area (Å²) in [5.41, 5.74) is 7.89. The number of carbonyl (C=O) groups excluding carboxylic acids is 1. The van der Waals surface area contributed by atoms with Gasteiger partial charge in [-0.25, -0.2) is 0 Å². The zero-order valence-electron chi connectivity index (χ0n) is 8.66. The van der Waals surface area contributed by atoms with Crippen molar-refractivity contribution in [3.8, 4) is 0 Å². The van der Waals surface area contributed by atoms with Crippen LogP contribution in [-0.2, 0) is 0 Å². The van der Waals surface area contributed by atoms with Crippen LogP contribution in [0.25, 0.3) is 0 Å². The monoisotopic (exact) mass is 251 g/mol. The van der Waals surface area contributed by atoms with Gasteiger partial charge in [-0.3, -0.25) is 4.79 Å². The zero-order chi connectivity index (χ0) is 11.7. The molecule has 2 aromatic rings. The summed E-state index contributed by atoms with van der Waals surface area (Å²) in [5, 5.41) is 0. The van der Waals surface area contributed by atoms with E-state index in [-0.39, 0.29) is 5.78 Å². The molecule has 0 saturated heterocycles. The second-order valence-corrected chi connectivity index (χ2v) is 5.28. The fourth-order valence-electron chi connectivity index (χ4n) is 1.52. The molecule has 1 aromatic carbocycles. The summed E-state index contributed by atoms with van der Waals surface area (Å²) in [4.78, 5) is 12.7. The number of nitrogens with two attached hydrogens (primary N) is 1. The lowest BCUT2D eigenvalue weighted by atomic mass is 10.1. The SMILES string of the molecule is Cc1cc(N)cc(C(=O)c2ccc(Cl)s2)c1. The van der Waals surface area contributed by atoms with Crippen molar-refractivity contribution in [3.05, 3.63) is 50.7 Å². The molecule has 0 aliphatic rings. The number of halogens is 1. The summed E-state index contributed by atoms with van der Waals surface area (Å²) < 4.78 is 0.615. The van der Waals surface area contributed by atoms with Crippen molar-refractivity contribution in [1.29, 1.82) is 0 Å². The molecule has 1 aromatic heterocycles. The Morgan fingerprint density at radius 2 is 2.06 bits per heavy atom. The number of hydrogen-bond donors (Lipinski definition) is 1. The number of rotatable bonds is 2. The molecule has 82 valence electrons. The van der Waals surface area contributed by atoms with Crippen molar-refractivity contribution in [1.82, 2.24) is 0 Å². The first-order valence-corrected chi connectivity index (χ1v) is 5.93. The van der Waals surface area contributed by atoms with Crippen molar-refractivity contribution in [2.45, 2.75) is 6.92 Å². The van der Waals surface area contributed by atoms with Crippen LogP contribution in [0.1, 0.15) is 20.8 Å². The van der Waals surface area contributed by atoms with Gasteiger partial charge in [0.05, 0.1) is 9.21 Å². The Morgan fingerprint density at radius 1 is 1.31 bits per heavy atom. The first kappa shape index (κ1) is 11.2. The van der Waals surface area contributed by atoms with Crippen molar-refractivity contribution in [2.24, 2.45) is 0 Å². The predicted molar refractivity (Wildman–Crippen MR) is 68.4 cm³/mol. The minimum atomic E-state index is -0.0349. The molecule has 2 nitrogen and oxygen atoms in total. The van der Waals surface area contributed by atoms with E-state index in [1.54, 1.807) is 18.2 Å². The average molecular weight is 252 g/mol. The topological polar surface area (TPSA) is 43.1 Å². The Kier molecular flexibility index (Phi) is 2.99. The van der Waals surface area contributed by atoms with Crippen LogP contribution in [0.3, 0.4) is 0 Å². The van der Waals surface area contributed by atoms with Gasteiger partial charge in [0.2, 0.25) is 5.78 Å². The van der Waals surface area contributed by atoms with Crippen molar-refractivity contribution in [2.75, 3.05) is 5.73 Å². The zero-order valence-corrected chi connectivity index (χ0v) is 10.2. The maximum Gasteiger partial charge on any atom is 0.203 e. The van der Waals surface area contributed by atoms with Crippen LogP contribution in [0.15, 0.2) is 30.3 Å². The van der Waals surface area contributed by atoms with Crippen LogP contribution >= 0.6 is 22.9 Å². The van der Waals surface area contributed by atoms with E-state index in [1.807, 2.05) is 19.1 Å². The molecule has 0 radical (unpaired) electrons. The molecular formula is C12H10ClNOS. The number of ketones is 1. The lowest BCUT2D eigenvalue weighted by Crippen LogP contribution is -2.00. The van der Waals surface area contributed by atoms with Gasteiger partial charge < -0.3 is 5.73 Å². The van der Waals surface area contributed by atoms with Crippen molar-refractivity contribution in [3.63, 3.8) is 0 Å². The van der Waals surface area contributed by atoms with Crippen LogP contribution in [0.5, 0.6) is 0 Å². The summed E-state index contributed by atoms with van der Waals surface area (Å²) in [7, 11) is 0. The molecule has 1 heterocycles. The summed E-state index contributed by atoms with van der Waals surface area (Å²) in [6.45, 7) is 1.91. The molecule has 0 bridgehead atoms. The number of carbonyl (C=O) groups is 1. The summed E-state index contributed by atoms with van der Waals surface area (Å²) in [5.74, 6) is -0.0349. The molecule has 0 spiro atoms. The van der Waals surface area contributed by atoms with E-state index in [1.165, 1.54) is 11.3 Å². The molecular weight excluding hydrogens is 242 g/mol. The largest absolute Gasteiger partial charge is 0.399 e. The van der Waals surface area contributed by atoms with Gasteiger partial charge in [-0.15, -0.1) is 11.3 Å².